The van der Waals surface area contributed by atoms with E-state index in [2.05, 4.69) is 9.71 Å². The van der Waals surface area contributed by atoms with Gasteiger partial charge in [-0.3, -0.25) is 9.71 Å². The number of alkyl halides is 3. The number of amidine groups is 1. The number of nitrogens with one attached hydrogen (secondary N) is 1. The molecular formula is C10H9F3N2O2S. The highest BCUT2D eigenvalue weighted by Gasteiger charge is 2.31. The first-order chi connectivity index (χ1) is 8.30. The summed E-state index contributed by atoms with van der Waals surface area (Å²) < 4.78 is 61.3. The normalized spacial score (nSPS) is 19.6. The summed E-state index contributed by atoms with van der Waals surface area (Å²) in [6.45, 7) is -0.504. The van der Waals surface area contributed by atoms with E-state index < -0.39 is 29.2 Å². The number of hydrogen-bond donors (Lipinski definition) is 1. The van der Waals surface area contributed by atoms with Gasteiger partial charge >= 0.3 is 6.18 Å². The van der Waals surface area contributed by atoms with Crippen molar-refractivity contribution in [1.82, 2.24) is 4.72 Å². The van der Waals surface area contributed by atoms with E-state index in [9.17, 15) is 21.6 Å². The van der Waals surface area contributed by atoms with Crippen LogP contribution in [0.15, 0.2) is 34.2 Å². The van der Waals surface area contributed by atoms with Gasteiger partial charge in [0.25, 0.3) is 10.0 Å². The van der Waals surface area contributed by atoms with Crippen molar-refractivity contribution >= 4 is 15.9 Å². The molecule has 98 valence electrons. The number of halogens is 3. The largest absolute Gasteiger partial charge is 0.390 e. The topological polar surface area (TPSA) is 58.5 Å². The smallest absolute Gasteiger partial charge is 0.267 e. The van der Waals surface area contributed by atoms with Gasteiger partial charge in [0.1, 0.15) is 5.84 Å². The number of hydrogen-bond acceptors (Lipinski definition) is 3. The molecule has 18 heavy (non-hydrogen) atoms. The molecule has 0 unspecified atom stereocenters. The molecule has 4 nitrogen and oxygen atoms in total. The number of aliphatic imine (C=N–C) groups is 1. The van der Waals surface area contributed by atoms with Crippen molar-refractivity contribution in [1.29, 1.82) is 0 Å². The first kappa shape index (κ1) is 12.9. The molecule has 0 bridgehead atoms. The van der Waals surface area contributed by atoms with Crippen molar-refractivity contribution in [3.8, 4) is 0 Å². The van der Waals surface area contributed by atoms with Gasteiger partial charge in [-0.05, 0) is 12.1 Å². The molecule has 1 aliphatic rings. The van der Waals surface area contributed by atoms with Crippen LogP contribution in [0.1, 0.15) is 12.0 Å². The maximum atomic E-state index is 12.0. The minimum Gasteiger partial charge on any atom is -0.267 e. The minimum absolute atomic E-state index is 0.0325. The zero-order chi connectivity index (χ0) is 13.4. The number of fused-ring (bicyclic) bond motifs is 1. The van der Waals surface area contributed by atoms with Gasteiger partial charge in [-0.2, -0.15) is 13.2 Å². The Morgan fingerprint density at radius 3 is 2.56 bits per heavy atom. The Balaban J connectivity index is 2.26. The fourth-order valence-electron chi connectivity index (χ4n) is 1.55. The Morgan fingerprint density at radius 1 is 1.22 bits per heavy atom. The lowest BCUT2D eigenvalue weighted by Crippen LogP contribution is -2.23. The highest BCUT2D eigenvalue weighted by atomic mass is 32.2. The zero-order valence-corrected chi connectivity index (χ0v) is 9.85. The van der Waals surface area contributed by atoms with Gasteiger partial charge in [-0.15, -0.1) is 0 Å². The molecule has 1 aromatic carbocycles. The predicted octanol–water partition coefficient (Wildman–Crippen LogP) is 1.68. The summed E-state index contributed by atoms with van der Waals surface area (Å²) in [7, 11) is -3.68. The second kappa shape index (κ2) is 4.27. The molecule has 0 aromatic heterocycles. The lowest BCUT2D eigenvalue weighted by molar-refractivity contribution is -0.132. The van der Waals surface area contributed by atoms with Crippen LogP contribution in [0.25, 0.3) is 0 Å². The summed E-state index contributed by atoms with van der Waals surface area (Å²) in [4.78, 5) is 3.69. The molecule has 1 heterocycles. The number of nitrogens with zero attached hydrogens (tertiary/aromatic N) is 1. The van der Waals surface area contributed by atoms with Crippen LogP contribution in [0, 0.1) is 0 Å². The monoisotopic (exact) mass is 278 g/mol. The quantitative estimate of drug-likeness (QED) is 0.894. The average Bonchev–Trinajstić information content (AvgIpc) is 2.50. The number of benzene rings is 1. The van der Waals surface area contributed by atoms with Crippen LogP contribution in [0.2, 0.25) is 0 Å². The Labute approximate surface area is 102 Å². The molecular weight excluding hydrogens is 269 g/mol. The molecule has 1 aromatic rings. The summed E-state index contributed by atoms with van der Waals surface area (Å²) in [5.74, 6) is -0.0325. The molecule has 0 radical (unpaired) electrons. The number of rotatable bonds is 2. The van der Waals surface area contributed by atoms with Crippen LogP contribution >= 0.6 is 0 Å². The van der Waals surface area contributed by atoms with Crippen molar-refractivity contribution in [2.24, 2.45) is 4.99 Å². The van der Waals surface area contributed by atoms with Crippen molar-refractivity contribution < 1.29 is 21.6 Å². The van der Waals surface area contributed by atoms with Crippen molar-refractivity contribution in [3.05, 3.63) is 29.8 Å². The maximum absolute atomic E-state index is 12.0. The number of sulfonamides is 1. The molecule has 0 saturated carbocycles. The van der Waals surface area contributed by atoms with Crippen LogP contribution in [-0.4, -0.2) is 27.0 Å². The SMILES string of the molecule is O=S1(=O)NC(=NCCC(F)(F)F)c2ccccc21. The third-order valence-electron chi connectivity index (χ3n) is 2.33. The molecule has 0 saturated heterocycles. The minimum atomic E-state index is -4.30. The van der Waals surface area contributed by atoms with Crippen molar-refractivity contribution in [2.45, 2.75) is 17.5 Å². The molecule has 0 spiro atoms. The van der Waals surface area contributed by atoms with Gasteiger partial charge in [0.15, 0.2) is 0 Å². The standard InChI is InChI=1S/C10H9F3N2O2S/c11-10(12,13)5-6-14-9-7-3-1-2-4-8(7)18(16,17)15-9/h1-4H,5-6H2,(H,14,15). The van der Waals surface area contributed by atoms with Crippen molar-refractivity contribution in [3.63, 3.8) is 0 Å². The van der Waals surface area contributed by atoms with Crippen LogP contribution in [0.4, 0.5) is 13.2 Å². The Hall–Kier alpha value is -1.57. The molecule has 1 N–H and O–H groups in total. The first-order valence-electron chi connectivity index (χ1n) is 5.03. The van der Waals surface area contributed by atoms with E-state index in [1.54, 1.807) is 6.07 Å². The fourth-order valence-corrected chi connectivity index (χ4v) is 2.80. The fraction of sp³-hybridized carbons (Fsp3) is 0.300. The highest BCUT2D eigenvalue weighted by Crippen LogP contribution is 2.23. The summed E-state index contributed by atoms with van der Waals surface area (Å²) in [5, 5.41) is 0. The summed E-state index contributed by atoms with van der Waals surface area (Å²) >= 11 is 0. The Bertz CT molecular complexity index is 593. The summed E-state index contributed by atoms with van der Waals surface area (Å²) in [6.07, 6.45) is -5.39. The summed E-state index contributed by atoms with van der Waals surface area (Å²) in [6, 6.07) is 6.01. The zero-order valence-electron chi connectivity index (χ0n) is 9.03. The second-order valence-electron chi connectivity index (χ2n) is 3.70. The predicted molar refractivity (Wildman–Crippen MR) is 58.8 cm³/mol. The van der Waals surface area contributed by atoms with E-state index in [4.69, 9.17) is 0 Å². The van der Waals surface area contributed by atoms with E-state index in [0.29, 0.717) is 5.56 Å². The van der Waals surface area contributed by atoms with Crippen LogP contribution in [-0.2, 0) is 10.0 Å². The lowest BCUT2D eigenvalue weighted by atomic mass is 10.2. The van der Waals surface area contributed by atoms with E-state index in [-0.39, 0.29) is 10.7 Å². The van der Waals surface area contributed by atoms with Gasteiger partial charge in [-0.1, -0.05) is 12.1 Å². The van der Waals surface area contributed by atoms with Gasteiger partial charge < -0.3 is 0 Å². The molecule has 0 atom stereocenters. The van der Waals surface area contributed by atoms with E-state index in [0.717, 1.165) is 0 Å². The van der Waals surface area contributed by atoms with E-state index in [1.165, 1.54) is 18.2 Å². The van der Waals surface area contributed by atoms with Gasteiger partial charge in [0.2, 0.25) is 0 Å². The Kier molecular flexibility index (Phi) is 3.05. The van der Waals surface area contributed by atoms with Gasteiger partial charge in [-0.25, -0.2) is 8.42 Å². The van der Waals surface area contributed by atoms with Crippen LogP contribution in [0.3, 0.4) is 0 Å². The maximum Gasteiger partial charge on any atom is 0.390 e. The lowest BCUT2D eigenvalue weighted by Gasteiger charge is -2.03. The van der Waals surface area contributed by atoms with Crippen LogP contribution in [0.5, 0.6) is 0 Å². The molecule has 0 fully saturated rings. The molecule has 0 aliphatic carbocycles. The average molecular weight is 278 g/mol. The van der Waals surface area contributed by atoms with Crippen LogP contribution < -0.4 is 4.72 Å². The van der Waals surface area contributed by atoms with Gasteiger partial charge in [0.05, 0.1) is 11.3 Å². The van der Waals surface area contributed by atoms with Crippen molar-refractivity contribution in [2.75, 3.05) is 6.54 Å². The summed E-state index contributed by atoms with van der Waals surface area (Å²) in [5.41, 5.74) is 0.305. The Morgan fingerprint density at radius 2 is 1.89 bits per heavy atom. The highest BCUT2D eigenvalue weighted by molar-refractivity contribution is 7.90. The second-order valence-corrected chi connectivity index (χ2v) is 5.35. The molecule has 1 aliphatic heterocycles. The van der Waals surface area contributed by atoms with Gasteiger partial charge in [0, 0.05) is 12.1 Å². The third-order valence-corrected chi connectivity index (χ3v) is 3.73. The first-order valence-corrected chi connectivity index (χ1v) is 6.51. The molecule has 8 heteroatoms. The third kappa shape index (κ3) is 2.63. The molecule has 0 amide bonds. The van der Waals surface area contributed by atoms with E-state index in [1.807, 2.05) is 0 Å². The molecule has 2 rings (SSSR count). The van der Waals surface area contributed by atoms with E-state index >= 15 is 0 Å².